The van der Waals surface area contributed by atoms with Crippen molar-refractivity contribution in [3.8, 4) is 5.75 Å². The fourth-order valence-electron chi connectivity index (χ4n) is 2.99. The van der Waals surface area contributed by atoms with Crippen LogP contribution >= 0.6 is 23.2 Å². The van der Waals surface area contributed by atoms with Crippen molar-refractivity contribution in [2.45, 2.75) is 59.7 Å². The summed E-state index contributed by atoms with van der Waals surface area (Å²) in [6, 6.07) is 10.2. The third-order valence-corrected chi connectivity index (χ3v) is 6.15. The van der Waals surface area contributed by atoms with Gasteiger partial charge in [0.2, 0.25) is 5.91 Å². The van der Waals surface area contributed by atoms with Gasteiger partial charge in [-0.2, -0.15) is 0 Å². The summed E-state index contributed by atoms with van der Waals surface area (Å²) >= 11 is 12.2. The van der Waals surface area contributed by atoms with E-state index in [1.165, 1.54) is 4.90 Å². The Morgan fingerprint density at radius 2 is 1.81 bits per heavy atom. The van der Waals surface area contributed by atoms with Crippen molar-refractivity contribution in [2.24, 2.45) is 0 Å². The van der Waals surface area contributed by atoms with Gasteiger partial charge < -0.3 is 15.0 Å². The Labute approximate surface area is 194 Å². The monoisotopic (exact) mass is 464 g/mol. The van der Waals surface area contributed by atoms with Gasteiger partial charge in [0.1, 0.15) is 11.8 Å². The maximum Gasteiger partial charge on any atom is 0.261 e. The van der Waals surface area contributed by atoms with Crippen LogP contribution < -0.4 is 10.1 Å². The molecule has 0 aliphatic carbocycles. The topological polar surface area (TPSA) is 58.6 Å². The molecule has 2 aromatic rings. The van der Waals surface area contributed by atoms with Gasteiger partial charge in [0.05, 0.1) is 10.0 Å². The quantitative estimate of drug-likeness (QED) is 0.545. The average molecular weight is 465 g/mol. The van der Waals surface area contributed by atoms with E-state index in [-0.39, 0.29) is 31.0 Å². The molecule has 0 aromatic heterocycles. The van der Waals surface area contributed by atoms with Crippen LogP contribution in [0.15, 0.2) is 36.4 Å². The number of hydrogen-bond acceptors (Lipinski definition) is 3. The van der Waals surface area contributed by atoms with Crippen LogP contribution in [0.2, 0.25) is 10.0 Å². The van der Waals surface area contributed by atoms with Crippen LogP contribution in [0.3, 0.4) is 0 Å². The second-order valence-corrected chi connectivity index (χ2v) is 8.57. The highest BCUT2D eigenvalue weighted by Gasteiger charge is 2.27. The first-order valence-corrected chi connectivity index (χ1v) is 11.1. The van der Waals surface area contributed by atoms with Crippen LogP contribution in [0.25, 0.3) is 0 Å². The SMILES string of the molecule is CC[C@H](C)NC(=O)[C@@H](C)N(Cc1ccc(Cl)c(Cl)c1)C(=O)COc1cccc(C)c1C. The van der Waals surface area contributed by atoms with Gasteiger partial charge in [0.25, 0.3) is 5.91 Å². The normalized spacial score (nSPS) is 12.7. The molecule has 2 atom stereocenters. The predicted molar refractivity (Wildman–Crippen MR) is 126 cm³/mol. The molecule has 31 heavy (non-hydrogen) atoms. The predicted octanol–water partition coefficient (Wildman–Crippen LogP) is 5.32. The van der Waals surface area contributed by atoms with Crippen LogP contribution in [-0.4, -0.2) is 35.4 Å². The largest absolute Gasteiger partial charge is 0.483 e. The van der Waals surface area contributed by atoms with E-state index in [2.05, 4.69) is 5.32 Å². The lowest BCUT2D eigenvalue weighted by Crippen LogP contribution is -2.50. The number of rotatable bonds is 9. The first-order chi connectivity index (χ1) is 14.6. The fraction of sp³-hybridized carbons (Fsp3) is 0.417. The number of amides is 2. The summed E-state index contributed by atoms with van der Waals surface area (Å²) in [4.78, 5) is 27.4. The van der Waals surface area contributed by atoms with E-state index in [0.29, 0.717) is 15.8 Å². The zero-order chi connectivity index (χ0) is 23.1. The first kappa shape index (κ1) is 25.0. The molecular formula is C24H30Cl2N2O3. The fourth-order valence-corrected chi connectivity index (χ4v) is 3.31. The minimum absolute atomic E-state index is 0.0167. The number of carbonyl (C=O) groups is 2. The molecular weight excluding hydrogens is 435 g/mol. The molecule has 168 valence electrons. The lowest BCUT2D eigenvalue weighted by Gasteiger charge is -2.29. The molecule has 0 unspecified atom stereocenters. The molecule has 7 heteroatoms. The number of carbonyl (C=O) groups excluding carboxylic acids is 2. The number of ether oxygens (including phenoxy) is 1. The van der Waals surface area contributed by atoms with E-state index >= 15 is 0 Å². The van der Waals surface area contributed by atoms with Crippen LogP contribution in [0.4, 0.5) is 0 Å². The summed E-state index contributed by atoms with van der Waals surface area (Å²) in [5.74, 6) is 0.146. The maximum atomic E-state index is 13.1. The van der Waals surface area contributed by atoms with Crippen LogP contribution in [-0.2, 0) is 16.1 Å². The second-order valence-electron chi connectivity index (χ2n) is 7.75. The molecule has 0 heterocycles. The van der Waals surface area contributed by atoms with Gasteiger partial charge in [-0.3, -0.25) is 9.59 Å². The Kier molecular flexibility index (Phi) is 9.20. The summed E-state index contributed by atoms with van der Waals surface area (Å²) in [7, 11) is 0. The van der Waals surface area contributed by atoms with Gasteiger partial charge in [0.15, 0.2) is 6.61 Å². The summed E-state index contributed by atoms with van der Waals surface area (Å²) < 4.78 is 5.80. The second kappa shape index (κ2) is 11.4. The van der Waals surface area contributed by atoms with E-state index in [4.69, 9.17) is 27.9 Å². The molecule has 0 radical (unpaired) electrons. The van der Waals surface area contributed by atoms with E-state index in [1.807, 2.05) is 45.9 Å². The van der Waals surface area contributed by atoms with Crippen LogP contribution in [0.1, 0.15) is 43.9 Å². The Bertz CT molecular complexity index is 933. The Balaban J connectivity index is 2.22. The van der Waals surface area contributed by atoms with E-state index < -0.39 is 6.04 Å². The molecule has 0 aliphatic heterocycles. The van der Waals surface area contributed by atoms with Gasteiger partial charge in [-0.05, 0) is 69.0 Å². The molecule has 5 nitrogen and oxygen atoms in total. The molecule has 0 fully saturated rings. The van der Waals surface area contributed by atoms with Crippen molar-refractivity contribution < 1.29 is 14.3 Å². The zero-order valence-corrected chi connectivity index (χ0v) is 20.2. The van der Waals surface area contributed by atoms with Crippen molar-refractivity contribution in [1.82, 2.24) is 10.2 Å². The lowest BCUT2D eigenvalue weighted by molar-refractivity contribution is -0.142. The molecule has 0 spiro atoms. The summed E-state index contributed by atoms with van der Waals surface area (Å²) in [6.45, 7) is 9.61. The van der Waals surface area contributed by atoms with E-state index in [1.54, 1.807) is 25.1 Å². The average Bonchev–Trinajstić information content (AvgIpc) is 2.74. The van der Waals surface area contributed by atoms with Crippen molar-refractivity contribution in [3.05, 3.63) is 63.1 Å². The number of nitrogens with one attached hydrogen (secondary N) is 1. The Morgan fingerprint density at radius 1 is 1.10 bits per heavy atom. The van der Waals surface area contributed by atoms with Crippen molar-refractivity contribution >= 4 is 35.0 Å². The van der Waals surface area contributed by atoms with Crippen molar-refractivity contribution in [3.63, 3.8) is 0 Å². The third kappa shape index (κ3) is 6.88. The zero-order valence-electron chi connectivity index (χ0n) is 18.7. The Morgan fingerprint density at radius 3 is 2.45 bits per heavy atom. The van der Waals surface area contributed by atoms with Crippen LogP contribution in [0.5, 0.6) is 5.75 Å². The summed E-state index contributed by atoms with van der Waals surface area (Å²) in [5.41, 5.74) is 2.84. The van der Waals surface area contributed by atoms with Gasteiger partial charge in [-0.25, -0.2) is 0 Å². The highest BCUT2D eigenvalue weighted by Crippen LogP contribution is 2.24. The van der Waals surface area contributed by atoms with E-state index in [0.717, 1.165) is 23.1 Å². The standard InChI is InChI=1S/C24H30Cl2N2O3/c1-6-16(3)27-24(30)18(5)28(13-19-10-11-20(25)21(26)12-19)23(29)14-31-22-9-7-8-15(2)17(22)4/h7-12,16,18H,6,13-14H2,1-5H3,(H,27,30)/t16-,18+/m0/s1. The lowest BCUT2D eigenvalue weighted by atomic mass is 10.1. The first-order valence-electron chi connectivity index (χ1n) is 10.4. The number of nitrogens with zero attached hydrogens (tertiary/aromatic N) is 1. The Hall–Kier alpha value is -2.24. The summed E-state index contributed by atoms with van der Waals surface area (Å²) in [5, 5.41) is 3.77. The molecule has 0 bridgehead atoms. The van der Waals surface area contributed by atoms with Crippen molar-refractivity contribution in [1.29, 1.82) is 0 Å². The van der Waals surface area contributed by atoms with Crippen LogP contribution in [0, 0.1) is 13.8 Å². The number of hydrogen-bond donors (Lipinski definition) is 1. The van der Waals surface area contributed by atoms with Crippen molar-refractivity contribution in [2.75, 3.05) is 6.61 Å². The minimum atomic E-state index is -0.682. The molecule has 1 N–H and O–H groups in total. The highest BCUT2D eigenvalue weighted by atomic mass is 35.5. The van der Waals surface area contributed by atoms with Gasteiger partial charge >= 0.3 is 0 Å². The smallest absolute Gasteiger partial charge is 0.261 e. The molecule has 0 saturated heterocycles. The number of aryl methyl sites for hydroxylation is 1. The molecule has 0 saturated carbocycles. The number of benzene rings is 2. The molecule has 2 aromatic carbocycles. The minimum Gasteiger partial charge on any atom is -0.483 e. The molecule has 2 amide bonds. The van der Waals surface area contributed by atoms with Gasteiger partial charge in [-0.15, -0.1) is 0 Å². The third-order valence-electron chi connectivity index (χ3n) is 5.41. The maximum absolute atomic E-state index is 13.1. The highest BCUT2D eigenvalue weighted by molar-refractivity contribution is 6.42. The molecule has 2 rings (SSSR count). The summed E-state index contributed by atoms with van der Waals surface area (Å²) in [6.07, 6.45) is 0.801. The molecule has 0 aliphatic rings. The van der Waals surface area contributed by atoms with Gasteiger partial charge in [0, 0.05) is 12.6 Å². The van der Waals surface area contributed by atoms with Gasteiger partial charge in [-0.1, -0.05) is 48.3 Å². The van der Waals surface area contributed by atoms with E-state index in [9.17, 15) is 9.59 Å². The number of halogens is 2.